The van der Waals surface area contributed by atoms with Crippen molar-refractivity contribution in [2.75, 3.05) is 6.61 Å². The summed E-state index contributed by atoms with van der Waals surface area (Å²) in [5.41, 5.74) is 4.31. The lowest BCUT2D eigenvalue weighted by molar-refractivity contribution is -0.120. The van der Waals surface area contributed by atoms with Crippen LogP contribution in [0.1, 0.15) is 18.1 Å². The van der Waals surface area contributed by atoms with Crippen LogP contribution >= 0.6 is 0 Å². The quantitative estimate of drug-likeness (QED) is 0.654. The van der Waals surface area contributed by atoms with Gasteiger partial charge >= 0.3 is 0 Å². The summed E-state index contributed by atoms with van der Waals surface area (Å²) in [6.07, 6.45) is 1.90. The van der Waals surface area contributed by atoms with Crippen molar-refractivity contribution in [2.24, 2.45) is 5.10 Å². The standard InChI is InChI=1S/C17H18N2O2/c1-2-21-16-11-7-6-10-15(16)13-18-19-17(20)12-14-8-4-3-5-9-14/h3-11,13H,2,12H2,1H3,(H,19,20)/b18-13+. The zero-order valence-corrected chi connectivity index (χ0v) is 12.0. The van der Waals surface area contributed by atoms with Crippen molar-refractivity contribution in [3.63, 3.8) is 0 Å². The second kappa shape index (κ2) is 7.85. The molecule has 4 nitrogen and oxygen atoms in total. The van der Waals surface area contributed by atoms with Crippen LogP contribution in [0, 0.1) is 0 Å². The number of rotatable bonds is 6. The van der Waals surface area contributed by atoms with E-state index in [9.17, 15) is 4.79 Å². The zero-order chi connectivity index (χ0) is 14.9. The Kier molecular flexibility index (Phi) is 5.52. The number of amides is 1. The van der Waals surface area contributed by atoms with Crippen molar-refractivity contribution in [1.29, 1.82) is 0 Å². The van der Waals surface area contributed by atoms with Gasteiger partial charge in [0.25, 0.3) is 0 Å². The van der Waals surface area contributed by atoms with Crippen LogP contribution in [-0.2, 0) is 11.2 Å². The monoisotopic (exact) mass is 282 g/mol. The van der Waals surface area contributed by atoms with Gasteiger partial charge in [-0.25, -0.2) is 5.43 Å². The van der Waals surface area contributed by atoms with E-state index >= 15 is 0 Å². The molecule has 0 aliphatic heterocycles. The number of ether oxygens (including phenoxy) is 1. The Hall–Kier alpha value is -2.62. The number of hydrogen-bond acceptors (Lipinski definition) is 3. The smallest absolute Gasteiger partial charge is 0.244 e. The third kappa shape index (κ3) is 4.76. The molecule has 2 rings (SSSR count). The number of carbonyl (C=O) groups is 1. The zero-order valence-electron chi connectivity index (χ0n) is 12.0. The first-order valence-corrected chi connectivity index (χ1v) is 6.87. The van der Waals surface area contributed by atoms with E-state index in [0.29, 0.717) is 13.0 Å². The molecule has 0 spiro atoms. The lowest BCUT2D eigenvalue weighted by atomic mass is 10.1. The number of hydrazone groups is 1. The van der Waals surface area contributed by atoms with Crippen LogP contribution in [0.3, 0.4) is 0 Å². The van der Waals surface area contributed by atoms with Gasteiger partial charge in [0.1, 0.15) is 5.75 Å². The van der Waals surface area contributed by atoms with Gasteiger partial charge in [0.05, 0.1) is 19.2 Å². The highest BCUT2D eigenvalue weighted by molar-refractivity contribution is 5.85. The molecular formula is C17H18N2O2. The minimum absolute atomic E-state index is 0.147. The molecule has 0 aliphatic rings. The molecule has 0 atom stereocenters. The molecule has 0 radical (unpaired) electrons. The molecule has 1 amide bonds. The van der Waals surface area contributed by atoms with Crippen LogP contribution in [0.15, 0.2) is 59.7 Å². The Morgan fingerprint density at radius 2 is 1.86 bits per heavy atom. The number of nitrogens with zero attached hydrogens (tertiary/aromatic N) is 1. The minimum atomic E-state index is -0.147. The molecule has 0 aromatic heterocycles. The Morgan fingerprint density at radius 1 is 1.14 bits per heavy atom. The van der Waals surface area contributed by atoms with Gasteiger partial charge in [0, 0.05) is 5.56 Å². The molecule has 0 saturated heterocycles. The van der Waals surface area contributed by atoms with Crippen molar-refractivity contribution in [2.45, 2.75) is 13.3 Å². The average Bonchev–Trinajstić information content (AvgIpc) is 2.50. The highest BCUT2D eigenvalue weighted by Gasteiger charge is 2.02. The number of hydrogen-bond donors (Lipinski definition) is 1. The third-order valence-corrected chi connectivity index (χ3v) is 2.82. The maximum Gasteiger partial charge on any atom is 0.244 e. The summed E-state index contributed by atoms with van der Waals surface area (Å²) < 4.78 is 5.49. The summed E-state index contributed by atoms with van der Waals surface area (Å²) >= 11 is 0. The molecule has 0 aliphatic carbocycles. The topological polar surface area (TPSA) is 50.7 Å². The summed E-state index contributed by atoms with van der Waals surface area (Å²) in [5.74, 6) is 0.604. The van der Waals surface area contributed by atoms with Crippen molar-refractivity contribution < 1.29 is 9.53 Å². The Bertz CT molecular complexity index is 609. The average molecular weight is 282 g/mol. The maximum absolute atomic E-state index is 11.8. The largest absolute Gasteiger partial charge is 0.493 e. The molecule has 0 fully saturated rings. The SMILES string of the molecule is CCOc1ccccc1/C=N/NC(=O)Cc1ccccc1. The van der Waals surface area contributed by atoms with Crippen LogP contribution in [0.2, 0.25) is 0 Å². The fraction of sp³-hybridized carbons (Fsp3) is 0.176. The highest BCUT2D eigenvalue weighted by atomic mass is 16.5. The van der Waals surface area contributed by atoms with E-state index in [1.165, 1.54) is 0 Å². The number of para-hydroxylation sites is 1. The van der Waals surface area contributed by atoms with Gasteiger partial charge in [-0.2, -0.15) is 5.10 Å². The molecule has 21 heavy (non-hydrogen) atoms. The predicted molar refractivity (Wildman–Crippen MR) is 83.5 cm³/mol. The molecular weight excluding hydrogens is 264 g/mol. The highest BCUT2D eigenvalue weighted by Crippen LogP contribution is 2.15. The fourth-order valence-electron chi connectivity index (χ4n) is 1.87. The molecule has 0 saturated carbocycles. The molecule has 2 aromatic rings. The van der Waals surface area contributed by atoms with Gasteiger partial charge in [0.15, 0.2) is 0 Å². The van der Waals surface area contributed by atoms with E-state index in [1.807, 2.05) is 61.5 Å². The van der Waals surface area contributed by atoms with Crippen LogP contribution in [0.25, 0.3) is 0 Å². The van der Waals surface area contributed by atoms with Crippen molar-refractivity contribution >= 4 is 12.1 Å². The van der Waals surface area contributed by atoms with Gasteiger partial charge in [0.2, 0.25) is 5.91 Å². The number of carbonyl (C=O) groups excluding carboxylic acids is 1. The van der Waals surface area contributed by atoms with Crippen LogP contribution in [0.5, 0.6) is 5.75 Å². The van der Waals surface area contributed by atoms with Crippen LogP contribution < -0.4 is 10.2 Å². The Morgan fingerprint density at radius 3 is 2.62 bits per heavy atom. The van der Waals surface area contributed by atoms with Crippen molar-refractivity contribution in [1.82, 2.24) is 5.43 Å². The second-order valence-corrected chi connectivity index (χ2v) is 4.43. The Balaban J connectivity index is 1.92. The first-order chi connectivity index (χ1) is 10.3. The molecule has 0 bridgehead atoms. The molecule has 2 aromatic carbocycles. The Labute approximate surface area is 124 Å². The first kappa shape index (κ1) is 14.8. The minimum Gasteiger partial charge on any atom is -0.493 e. The van der Waals surface area contributed by atoms with Gasteiger partial charge < -0.3 is 4.74 Å². The molecule has 4 heteroatoms. The molecule has 0 heterocycles. The fourth-order valence-corrected chi connectivity index (χ4v) is 1.87. The first-order valence-electron chi connectivity index (χ1n) is 6.87. The van der Waals surface area contributed by atoms with E-state index in [-0.39, 0.29) is 5.91 Å². The second-order valence-electron chi connectivity index (χ2n) is 4.43. The summed E-state index contributed by atoms with van der Waals surface area (Å²) in [7, 11) is 0. The van der Waals surface area contributed by atoms with Crippen LogP contribution in [0.4, 0.5) is 0 Å². The lowest BCUT2D eigenvalue weighted by Gasteiger charge is -2.05. The number of nitrogens with one attached hydrogen (secondary N) is 1. The van der Waals surface area contributed by atoms with Crippen molar-refractivity contribution in [3.05, 3.63) is 65.7 Å². The summed E-state index contributed by atoms with van der Waals surface area (Å²) in [6.45, 7) is 2.51. The summed E-state index contributed by atoms with van der Waals surface area (Å²) in [5, 5.41) is 3.98. The third-order valence-electron chi connectivity index (χ3n) is 2.82. The number of benzene rings is 2. The van der Waals surface area contributed by atoms with E-state index in [1.54, 1.807) is 6.21 Å². The van der Waals surface area contributed by atoms with E-state index in [4.69, 9.17) is 4.74 Å². The normalized spacial score (nSPS) is 10.5. The predicted octanol–water partition coefficient (Wildman–Crippen LogP) is 2.78. The van der Waals surface area contributed by atoms with Gasteiger partial charge in [-0.05, 0) is 24.6 Å². The maximum atomic E-state index is 11.8. The van der Waals surface area contributed by atoms with E-state index in [0.717, 1.165) is 16.9 Å². The molecule has 108 valence electrons. The summed E-state index contributed by atoms with van der Waals surface area (Å²) in [6, 6.07) is 17.1. The van der Waals surface area contributed by atoms with Gasteiger partial charge in [-0.1, -0.05) is 42.5 Å². The van der Waals surface area contributed by atoms with Gasteiger partial charge in [-0.3, -0.25) is 4.79 Å². The van der Waals surface area contributed by atoms with Crippen molar-refractivity contribution in [3.8, 4) is 5.75 Å². The summed E-state index contributed by atoms with van der Waals surface area (Å²) in [4.78, 5) is 11.8. The lowest BCUT2D eigenvalue weighted by Crippen LogP contribution is -2.19. The van der Waals surface area contributed by atoms with E-state index in [2.05, 4.69) is 10.5 Å². The van der Waals surface area contributed by atoms with Crippen LogP contribution in [-0.4, -0.2) is 18.7 Å². The molecule has 0 unspecified atom stereocenters. The molecule has 1 N–H and O–H groups in total. The van der Waals surface area contributed by atoms with E-state index < -0.39 is 0 Å². The van der Waals surface area contributed by atoms with Gasteiger partial charge in [-0.15, -0.1) is 0 Å².